The minimum Gasteiger partial charge on any atom is -0.483 e. The summed E-state index contributed by atoms with van der Waals surface area (Å²) in [6.45, 7) is 7.71. The highest BCUT2D eigenvalue weighted by atomic mass is 19.1. The summed E-state index contributed by atoms with van der Waals surface area (Å²) in [5, 5.41) is 5.95. The summed E-state index contributed by atoms with van der Waals surface area (Å²) < 4.78 is 18.9. The molecule has 2 N–H and O–H groups in total. The van der Waals surface area contributed by atoms with Crippen LogP contribution in [0, 0.1) is 5.82 Å². The second-order valence-electron chi connectivity index (χ2n) is 5.77. The van der Waals surface area contributed by atoms with E-state index in [9.17, 15) is 9.18 Å². The highest BCUT2D eigenvalue weighted by Gasteiger charge is 2.19. The third-order valence-electron chi connectivity index (χ3n) is 3.60. The number of carbonyl (C=O) groups is 1. The number of carbonyl (C=O) groups excluding carboxylic acids is 1. The lowest BCUT2D eigenvalue weighted by Gasteiger charge is -2.24. The maximum Gasteiger partial charge on any atom is 0.258 e. The lowest BCUT2D eigenvalue weighted by molar-refractivity contribution is -0.124. The Morgan fingerprint density at radius 2 is 2.10 bits per heavy atom. The Morgan fingerprint density at radius 1 is 1.43 bits per heavy atom. The van der Waals surface area contributed by atoms with Crippen molar-refractivity contribution in [1.82, 2.24) is 10.6 Å². The van der Waals surface area contributed by atoms with Crippen LogP contribution in [-0.2, 0) is 4.79 Å². The molecule has 0 fully saturated rings. The molecule has 0 bridgehead atoms. The van der Waals surface area contributed by atoms with Crippen molar-refractivity contribution in [2.24, 2.45) is 0 Å². The van der Waals surface area contributed by atoms with Crippen LogP contribution in [0.3, 0.4) is 0 Å². The maximum absolute atomic E-state index is 13.4. The van der Waals surface area contributed by atoms with Gasteiger partial charge in [0.2, 0.25) is 0 Å². The van der Waals surface area contributed by atoms with Crippen LogP contribution in [0.15, 0.2) is 18.2 Å². The highest BCUT2D eigenvalue weighted by Crippen LogP contribution is 2.25. The lowest BCUT2D eigenvalue weighted by Crippen LogP contribution is -2.45. The van der Waals surface area contributed by atoms with E-state index < -0.39 is 0 Å². The van der Waals surface area contributed by atoms with Gasteiger partial charge in [-0.15, -0.1) is 0 Å². The van der Waals surface area contributed by atoms with Gasteiger partial charge in [-0.2, -0.15) is 0 Å². The maximum atomic E-state index is 13.4. The zero-order chi connectivity index (χ0) is 16.0. The van der Waals surface area contributed by atoms with Crippen molar-refractivity contribution in [1.29, 1.82) is 0 Å². The number of rotatable bonds is 7. The number of ether oxygens (including phenoxy) is 1. The van der Waals surface area contributed by atoms with Crippen LogP contribution >= 0.6 is 0 Å². The van der Waals surface area contributed by atoms with E-state index in [0.717, 1.165) is 12.0 Å². The summed E-state index contributed by atoms with van der Waals surface area (Å²) in [7, 11) is 1.81. The molecule has 0 aromatic heterocycles. The third-order valence-corrected chi connectivity index (χ3v) is 3.60. The van der Waals surface area contributed by atoms with Gasteiger partial charge in [0, 0.05) is 23.2 Å². The van der Waals surface area contributed by atoms with Crippen molar-refractivity contribution < 1.29 is 13.9 Å². The van der Waals surface area contributed by atoms with E-state index >= 15 is 0 Å². The van der Waals surface area contributed by atoms with Crippen molar-refractivity contribution in [2.75, 3.05) is 13.7 Å². The topological polar surface area (TPSA) is 50.4 Å². The molecule has 0 aliphatic heterocycles. The fourth-order valence-corrected chi connectivity index (χ4v) is 1.79. The molecular formula is C16H25FN2O2. The van der Waals surface area contributed by atoms with E-state index in [1.807, 2.05) is 34.7 Å². The Morgan fingerprint density at radius 3 is 2.67 bits per heavy atom. The number of amides is 1. The molecule has 1 unspecified atom stereocenters. The first-order valence-electron chi connectivity index (χ1n) is 7.19. The molecule has 1 rings (SSSR count). The number of hydrogen-bond acceptors (Lipinski definition) is 3. The minimum atomic E-state index is -0.383. The first-order valence-corrected chi connectivity index (χ1v) is 7.19. The quantitative estimate of drug-likeness (QED) is 0.813. The summed E-state index contributed by atoms with van der Waals surface area (Å²) in [6.07, 6.45) is 0.820. The monoisotopic (exact) mass is 296 g/mol. The second-order valence-corrected chi connectivity index (χ2v) is 5.77. The smallest absolute Gasteiger partial charge is 0.258 e. The fraction of sp³-hybridized carbons (Fsp3) is 0.562. The van der Waals surface area contributed by atoms with Gasteiger partial charge in [-0.3, -0.25) is 4.79 Å². The molecule has 0 radical (unpaired) electrons. The molecule has 1 atom stereocenters. The first kappa shape index (κ1) is 17.4. The number of hydrogen-bond donors (Lipinski definition) is 2. The molecule has 0 spiro atoms. The van der Waals surface area contributed by atoms with E-state index in [1.165, 1.54) is 12.1 Å². The standard InChI is InChI=1S/C16H25FN2O2/c1-6-16(3,4)19-15(20)10-21-14-9-12(17)7-8-13(14)11(2)18-5/h7-9,11,18H,6,10H2,1-5H3,(H,19,20). The van der Waals surface area contributed by atoms with Crippen LogP contribution in [0.2, 0.25) is 0 Å². The Balaban J connectivity index is 2.74. The van der Waals surface area contributed by atoms with Crippen LogP contribution < -0.4 is 15.4 Å². The van der Waals surface area contributed by atoms with Crippen molar-refractivity contribution in [3.63, 3.8) is 0 Å². The first-order chi connectivity index (χ1) is 9.79. The van der Waals surface area contributed by atoms with E-state index in [2.05, 4.69) is 10.6 Å². The van der Waals surface area contributed by atoms with Crippen LogP contribution in [0.5, 0.6) is 5.75 Å². The largest absolute Gasteiger partial charge is 0.483 e. The Kier molecular flexibility index (Phi) is 6.15. The third kappa shape index (κ3) is 5.34. The van der Waals surface area contributed by atoms with Crippen LogP contribution in [0.25, 0.3) is 0 Å². The summed E-state index contributed by atoms with van der Waals surface area (Å²) in [5.41, 5.74) is 0.546. The second kappa shape index (κ2) is 7.41. The van der Waals surface area contributed by atoms with Gasteiger partial charge in [0.25, 0.3) is 5.91 Å². The highest BCUT2D eigenvalue weighted by molar-refractivity contribution is 5.78. The van der Waals surface area contributed by atoms with Gasteiger partial charge in [-0.05, 0) is 40.3 Å². The molecule has 0 heterocycles. The molecule has 1 aromatic rings. The molecule has 5 heteroatoms. The van der Waals surface area contributed by atoms with Crippen molar-refractivity contribution in [3.05, 3.63) is 29.6 Å². The predicted molar refractivity (Wildman–Crippen MR) is 81.9 cm³/mol. The summed E-state index contributed by atoms with van der Waals surface area (Å²) in [6, 6.07) is 4.37. The van der Waals surface area contributed by atoms with Crippen molar-refractivity contribution in [3.8, 4) is 5.75 Å². The van der Waals surface area contributed by atoms with Crippen LogP contribution in [0.1, 0.15) is 45.7 Å². The SMILES string of the molecule is CCC(C)(C)NC(=O)COc1cc(F)ccc1C(C)NC. The molecule has 1 amide bonds. The Labute approximate surface area is 126 Å². The summed E-state index contributed by atoms with van der Waals surface area (Å²) >= 11 is 0. The molecule has 1 aromatic carbocycles. The molecular weight excluding hydrogens is 271 g/mol. The number of halogens is 1. The van der Waals surface area contributed by atoms with E-state index in [1.54, 1.807) is 6.07 Å². The molecule has 0 saturated heterocycles. The summed E-state index contributed by atoms with van der Waals surface area (Å²) in [4.78, 5) is 11.9. The van der Waals surface area contributed by atoms with Crippen molar-refractivity contribution in [2.45, 2.75) is 45.7 Å². The molecule has 21 heavy (non-hydrogen) atoms. The average molecular weight is 296 g/mol. The fourth-order valence-electron chi connectivity index (χ4n) is 1.79. The van der Waals surface area contributed by atoms with Crippen LogP contribution in [0.4, 0.5) is 4.39 Å². The zero-order valence-corrected chi connectivity index (χ0v) is 13.4. The Hall–Kier alpha value is -1.62. The average Bonchev–Trinajstić information content (AvgIpc) is 2.44. The van der Waals surface area contributed by atoms with Gasteiger partial charge in [0.15, 0.2) is 6.61 Å². The molecule has 0 aliphatic carbocycles. The minimum absolute atomic E-state index is 0.00995. The van der Waals surface area contributed by atoms with E-state index in [0.29, 0.717) is 5.75 Å². The van der Waals surface area contributed by atoms with Crippen molar-refractivity contribution >= 4 is 5.91 Å². The van der Waals surface area contributed by atoms with Gasteiger partial charge in [0.05, 0.1) is 0 Å². The number of benzene rings is 1. The van der Waals surface area contributed by atoms with Gasteiger partial charge < -0.3 is 15.4 Å². The van der Waals surface area contributed by atoms with Gasteiger partial charge in [-0.25, -0.2) is 4.39 Å². The molecule has 0 aliphatic rings. The zero-order valence-electron chi connectivity index (χ0n) is 13.4. The van der Waals surface area contributed by atoms with Crippen LogP contribution in [-0.4, -0.2) is 25.1 Å². The Bertz CT molecular complexity index is 489. The normalized spacial score (nSPS) is 12.9. The number of nitrogens with one attached hydrogen (secondary N) is 2. The summed E-state index contributed by atoms with van der Waals surface area (Å²) in [5.74, 6) is -0.207. The molecule has 0 saturated carbocycles. The predicted octanol–water partition coefficient (Wildman–Crippen LogP) is 2.79. The van der Waals surface area contributed by atoms with E-state index in [-0.39, 0.29) is 29.9 Å². The van der Waals surface area contributed by atoms with Gasteiger partial charge in [0.1, 0.15) is 11.6 Å². The molecule has 4 nitrogen and oxygen atoms in total. The van der Waals surface area contributed by atoms with Gasteiger partial charge in [-0.1, -0.05) is 13.0 Å². The molecule has 118 valence electrons. The van der Waals surface area contributed by atoms with Gasteiger partial charge >= 0.3 is 0 Å². The lowest BCUT2D eigenvalue weighted by atomic mass is 10.0. The van der Waals surface area contributed by atoms with E-state index in [4.69, 9.17) is 4.74 Å².